The number of hydrogen-bond acceptors (Lipinski definition) is 4. The number of nitrogens with zero attached hydrogens (tertiary/aromatic N) is 1. The van der Waals surface area contributed by atoms with E-state index in [4.69, 9.17) is 23.2 Å². The van der Waals surface area contributed by atoms with Crippen LogP contribution in [-0.4, -0.2) is 32.9 Å². The van der Waals surface area contributed by atoms with Gasteiger partial charge in [0.25, 0.3) is 0 Å². The lowest BCUT2D eigenvalue weighted by atomic mass is 9.98. The Kier molecular flexibility index (Phi) is 7.71. The topological polar surface area (TPSA) is 78.5 Å². The number of sulfone groups is 1. The zero-order valence-corrected chi connectivity index (χ0v) is 21.8. The molecule has 1 aliphatic heterocycles. The minimum atomic E-state index is -3.53. The maximum Gasteiger partial charge on any atom is 0.319 e. The SMILES string of the molecule is CC(NC(=O)Nc1ccc(S(=O)(=O)Cc2ccc3c(c2)CCN(C)C3)cc1)c1cccc(Cl)c1Cl. The van der Waals surface area contributed by atoms with Crippen molar-refractivity contribution in [2.75, 3.05) is 18.9 Å². The molecular weight excluding hydrogens is 505 g/mol. The van der Waals surface area contributed by atoms with Gasteiger partial charge in [0.05, 0.1) is 26.7 Å². The summed E-state index contributed by atoms with van der Waals surface area (Å²) in [6.07, 6.45) is 0.921. The molecule has 0 bridgehead atoms. The van der Waals surface area contributed by atoms with E-state index in [-0.39, 0.29) is 16.7 Å². The zero-order chi connectivity index (χ0) is 25.2. The summed E-state index contributed by atoms with van der Waals surface area (Å²) in [5.41, 5.74) is 4.42. The number of hydrogen-bond donors (Lipinski definition) is 2. The number of anilines is 1. The van der Waals surface area contributed by atoms with E-state index in [0.717, 1.165) is 25.1 Å². The molecule has 1 aliphatic rings. The molecule has 0 aromatic heterocycles. The van der Waals surface area contributed by atoms with Gasteiger partial charge in [-0.1, -0.05) is 53.5 Å². The molecule has 1 unspecified atom stereocenters. The van der Waals surface area contributed by atoms with Crippen LogP contribution in [0.3, 0.4) is 0 Å². The van der Waals surface area contributed by atoms with Crippen LogP contribution in [0.4, 0.5) is 10.5 Å². The van der Waals surface area contributed by atoms with Gasteiger partial charge < -0.3 is 15.5 Å². The first-order valence-electron chi connectivity index (χ1n) is 11.3. The van der Waals surface area contributed by atoms with E-state index in [2.05, 4.69) is 22.6 Å². The predicted molar refractivity (Wildman–Crippen MR) is 141 cm³/mol. The third-order valence-electron chi connectivity index (χ3n) is 6.10. The van der Waals surface area contributed by atoms with Crippen molar-refractivity contribution in [1.29, 1.82) is 0 Å². The number of nitrogens with one attached hydrogen (secondary N) is 2. The molecule has 0 fully saturated rings. The minimum Gasteiger partial charge on any atom is -0.331 e. The molecule has 0 radical (unpaired) electrons. The van der Waals surface area contributed by atoms with E-state index < -0.39 is 15.9 Å². The molecule has 2 amide bonds. The lowest BCUT2D eigenvalue weighted by molar-refractivity contribution is 0.249. The fourth-order valence-electron chi connectivity index (χ4n) is 4.18. The third kappa shape index (κ3) is 6.16. The van der Waals surface area contributed by atoms with Crippen molar-refractivity contribution in [2.45, 2.75) is 36.6 Å². The van der Waals surface area contributed by atoms with E-state index in [1.807, 2.05) is 18.2 Å². The first kappa shape index (κ1) is 25.5. The average Bonchev–Trinajstić information content (AvgIpc) is 2.81. The Morgan fingerprint density at radius 3 is 2.54 bits per heavy atom. The molecule has 4 rings (SSSR count). The smallest absolute Gasteiger partial charge is 0.319 e. The molecule has 2 N–H and O–H groups in total. The molecule has 3 aromatic rings. The second-order valence-electron chi connectivity index (χ2n) is 8.84. The standard InChI is InChI=1S/C26H27Cl2N3O3S/c1-17(23-4-3-5-24(27)25(23)28)29-26(32)30-21-8-10-22(11-9-21)35(33,34)16-18-6-7-20-15-31(2)13-12-19(20)14-18/h3-11,14,17H,12-13,15-16H2,1-2H3,(H2,29,30,32). The second-order valence-corrected chi connectivity index (χ2v) is 11.6. The fourth-order valence-corrected chi connectivity index (χ4v) is 5.99. The lowest BCUT2D eigenvalue weighted by Gasteiger charge is -2.25. The van der Waals surface area contributed by atoms with Crippen molar-refractivity contribution < 1.29 is 13.2 Å². The molecule has 1 heterocycles. The molecule has 0 aliphatic carbocycles. The molecule has 1 atom stereocenters. The Labute approximate surface area is 216 Å². The normalized spacial score (nSPS) is 14.7. The monoisotopic (exact) mass is 531 g/mol. The first-order valence-corrected chi connectivity index (χ1v) is 13.7. The number of halogens is 2. The van der Waals surface area contributed by atoms with Crippen molar-refractivity contribution in [2.24, 2.45) is 0 Å². The highest BCUT2D eigenvalue weighted by atomic mass is 35.5. The highest BCUT2D eigenvalue weighted by molar-refractivity contribution is 7.90. The van der Waals surface area contributed by atoms with Crippen LogP contribution in [0, 0.1) is 0 Å². The van der Waals surface area contributed by atoms with Crippen molar-refractivity contribution in [3.8, 4) is 0 Å². The highest BCUT2D eigenvalue weighted by Gasteiger charge is 2.19. The number of rotatable bonds is 6. The van der Waals surface area contributed by atoms with Gasteiger partial charge in [-0.15, -0.1) is 0 Å². The van der Waals surface area contributed by atoms with Crippen LogP contribution in [0.25, 0.3) is 0 Å². The zero-order valence-electron chi connectivity index (χ0n) is 19.5. The Balaban J connectivity index is 1.39. The first-order chi connectivity index (χ1) is 16.6. The van der Waals surface area contributed by atoms with Gasteiger partial charge in [0, 0.05) is 18.8 Å². The number of fused-ring (bicyclic) bond motifs is 1. The van der Waals surface area contributed by atoms with Crippen molar-refractivity contribution in [1.82, 2.24) is 10.2 Å². The van der Waals surface area contributed by atoms with E-state index in [1.54, 1.807) is 37.3 Å². The van der Waals surface area contributed by atoms with Gasteiger partial charge in [-0.05, 0) is 73.0 Å². The van der Waals surface area contributed by atoms with Crippen LogP contribution in [0.1, 0.15) is 35.2 Å². The molecule has 0 saturated heterocycles. The summed E-state index contributed by atoms with van der Waals surface area (Å²) in [7, 11) is -1.44. The Hall–Kier alpha value is -2.58. The Morgan fingerprint density at radius 1 is 1.06 bits per heavy atom. The number of carbonyl (C=O) groups excluding carboxylic acids is 1. The number of likely N-dealkylation sites (N-methyl/N-ethyl adjacent to an activating group) is 1. The van der Waals surface area contributed by atoms with E-state index in [9.17, 15) is 13.2 Å². The van der Waals surface area contributed by atoms with Gasteiger partial charge in [-0.2, -0.15) is 0 Å². The van der Waals surface area contributed by atoms with Gasteiger partial charge >= 0.3 is 6.03 Å². The van der Waals surface area contributed by atoms with Gasteiger partial charge in [-0.25, -0.2) is 13.2 Å². The summed E-state index contributed by atoms with van der Waals surface area (Å²) in [5.74, 6) is -0.0682. The third-order valence-corrected chi connectivity index (χ3v) is 8.63. The maximum absolute atomic E-state index is 13.0. The largest absolute Gasteiger partial charge is 0.331 e. The molecule has 0 saturated carbocycles. The number of carbonyl (C=O) groups is 1. The van der Waals surface area contributed by atoms with E-state index in [1.165, 1.54) is 23.3 Å². The van der Waals surface area contributed by atoms with Crippen LogP contribution in [0.5, 0.6) is 0 Å². The summed E-state index contributed by atoms with van der Waals surface area (Å²) < 4.78 is 26.0. The van der Waals surface area contributed by atoms with Gasteiger partial charge in [-0.3, -0.25) is 0 Å². The summed E-state index contributed by atoms with van der Waals surface area (Å²) in [5, 5.41) is 6.33. The molecule has 6 nitrogen and oxygen atoms in total. The Morgan fingerprint density at radius 2 is 1.80 bits per heavy atom. The molecule has 3 aromatic carbocycles. The van der Waals surface area contributed by atoms with Gasteiger partial charge in [0.2, 0.25) is 0 Å². The van der Waals surface area contributed by atoms with Crippen LogP contribution in [0.2, 0.25) is 10.0 Å². The summed E-state index contributed by atoms with van der Waals surface area (Å²) in [4.78, 5) is 14.9. The van der Waals surface area contributed by atoms with Crippen molar-refractivity contribution in [3.05, 3.63) is 93.0 Å². The van der Waals surface area contributed by atoms with Gasteiger partial charge in [0.1, 0.15) is 0 Å². The summed E-state index contributed by atoms with van der Waals surface area (Å²) in [6, 6.07) is 16.5. The van der Waals surface area contributed by atoms with Crippen molar-refractivity contribution >= 4 is 44.8 Å². The molecule has 184 valence electrons. The molecule has 35 heavy (non-hydrogen) atoms. The molecular formula is C26H27Cl2N3O3S. The van der Waals surface area contributed by atoms with Crippen LogP contribution in [-0.2, 0) is 28.6 Å². The lowest BCUT2D eigenvalue weighted by Crippen LogP contribution is -2.31. The minimum absolute atomic E-state index is 0.0682. The Bertz CT molecular complexity index is 1340. The summed E-state index contributed by atoms with van der Waals surface area (Å²) >= 11 is 12.3. The second kappa shape index (κ2) is 10.6. The maximum atomic E-state index is 13.0. The van der Waals surface area contributed by atoms with Crippen molar-refractivity contribution in [3.63, 3.8) is 0 Å². The quantitative estimate of drug-likeness (QED) is 0.418. The van der Waals surface area contributed by atoms with Crippen LogP contribution < -0.4 is 10.6 Å². The van der Waals surface area contributed by atoms with Crippen LogP contribution in [0.15, 0.2) is 65.6 Å². The summed E-state index contributed by atoms with van der Waals surface area (Å²) in [6.45, 7) is 3.65. The number of amides is 2. The highest BCUT2D eigenvalue weighted by Crippen LogP contribution is 2.30. The van der Waals surface area contributed by atoms with Crippen LogP contribution >= 0.6 is 23.2 Å². The van der Waals surface area contributed by atoms with Gasteiger partial charge in [0.15, 0.2) is 9.84 Å². The van der Waals surface area contributed by atoms with E-state index in [0.29, 0.717) is 21.3 Å². The number of urea groups is 1. The predicted octanol–water partition coefficient (Wildman–Crippen LogP) is 5.84. The fraction of sp³-hybridized carbons (Fsp3) is 0.269. The average molecular weight is 532 g/mol. The molecule has 0 spiro atoms. The van der Waals surface area contributed by atoms with E-state index >= 15 is 0 Å². The molecule has 9 heteroatoms. The number of benzene rings is 3.